The van der Waals surface area contributed by atoms with Crippen LogP contribution in [0.25, 0.3) is 0 Å². The molecule has 3 heteroatoms. The van der Waals surface area contributed by atoms with Gasteiger partial charge in [0.05, 0.1) is 0 Å². The molecule has 2 N–H and O–H groups in total. The molecule has 0 aromatic heterocycles. The molecule has 0 aliphatic heterocycles. The monoisotopic (exact) mass is 214 g/mol. The van der Waals surface area contributed by atoms with Crippen LogP contribution in [0.15, 0.2) is 0 Å². The van der Waals surface area contributed by atoms with Crippen LogP contribution < -0.4 is 10.6 Å². The van der Waals surface area contributed by atoms with Gasteiger partial charge in [-0.25, -0.2) is 0 Å². The third-order valence-corrected chi connectivity index (χ3v) is 2.88. The molecule has 0 heterocycles. The molecule has 0 amide bonds. The van der Waals surface area contributed by atoms with Gasteiger partial charge in [-0.15, -0.1) is 0 Å². The topological polar surface area (TPSA) is 24.1 Å². The van der Waals surface area contributed by atoms with E-state index in [0.717, 1.165) is 24.1 Å². The van der Waals surface area contributed by atoms with E-state index in [2.05, 4.69) is 17.6 Å². The molecule has 0 atom stereocenters. The van der Waals surface area contributed by atoms with Gasteiger partial charge in [-0.2, -0.15) is 0 Å². The second-order valence-corrected chi connectivity index (χ2v) is 4.53. The third-order valence-electron chi connectivity index (χ3n) is 2.59. The first-order valence-corrected chi connectivity index (χ1v) is 6.25. The number of thiocarbonyl (C=S) groups is 1. The minimum absolute atomic E-state index is 0.828. The van der Waals surface area contributed by atoms with E-state index >= 15 is 0 Å². The van der Waals surface area contributed by atoms with Crippen LogP contribution in [0.3, 0.4) is 0 Å². The summed E-state index contributed by atoms with van der Waals surface area (Å²) in [6.07, 6.45) is 7.98. The normalized spacial score (nSPS) is 15.2. The smallest absolute Gasteiger partial charge is 0.166 e. The summed E-state index contributed by atoms with van der Waals surface area (Å²) in [6, 6.07) is 0. The van der Waals surface area contributed by atoms with E-state index < -0.39 is 0 Å². The second-order valence-electron chi connectivity index (χ2n) is 4.12. The van der Waals surface area contributed by atoms with E-state index in [1.807, 2.05) is 0 Å². The predicted molar refractivity (Wildman–Crippen MR) is 65.5 cm³/mol. The maximum atomic E-state index is 5.14. The van der Waals surface area contributed by atoms with Gasteiger partial charge in [-0.3, -0.25) is 0 Å². The van der Waals surface area contributed by atoms with Crippen molar-refractivity contribution in [3.63, 3.8) is 0 Å². The van der Waals surface area contributed by atoms with Gasteiger partial charge in [0.1, 0.15) is 0 Å². The Labute approximate surface area is 92.8 Å². The van der Waals surface area contributed by atoms with Crippen molar-refractivity contribution in [3.8, 4) is 0 Å². The van der Waals surface area contributed by atoms with E-state index in [4.69, 9.17) is 12.2 Å². The molecule has 0 aromatic carbocycles. The van der Waals surface area contributed by atoms with Crippen molar-refractivity contribution in [1.82, 2.24) is 10.6 Å². The fourth-order valence-electron chi connectivity index (χ4n) is 1.44. The Morgan fingerprint density at radius 2 is 1.86 bits per heavy atom. The molecule has 1 aliphatic carbocycles. The molecule has 1 saturated carbocycles. The fourth-order valence-corrected chi connectivity index (χ4v) is 1.64. The van der Waals surface area contributed by atoms with Crippen molar-refractivity contribution in [1.29, 1.82) is 0 Å². The van der Waals surface area contributed by atoms with Gasteiger partial charge in [0, 0.05) is 13.1 Å². The summed E-state index contributed by atoms with van der Waals surface area (Å²) in [5.74, 6) is 1.04. The van der Waals surface area contributed by atoms with E-state index in [9.17, 15) is 0 Å². The van der Waals surface area contributed by atoms with Crippen LogP contribution in [-0.4, -0.2) is 18.2 Å². The standard InChI is InChI=1S/C11H22N2S/c1-2-3-8-12-11(14)13-9-4-5-10-6-7-10/h10H,2-9H2,1H3,(H2,12,13,14). The Balaban J connectivity index is 1.81. The highest BCUT2D eigenvalue weighted by Gasteiger charge is 2.19. The number of unbranched alkanes of at least 4 members (excludes halogenated alkanes) is 1. The molecule has 0 aromatic rings. The molecular formula is C11H22N2S. The molecule has 1 rings (SSSR count). The summed E-state index contributed by atoms with van der Waals surface area (Å²) in [5, 5.41) is 7.28. The highest BCUT2D eigenvalue weighted by Crippen LogP contribution is 2.33. The Morgan fingerprint density at radius 3 is 2.43 bits per heavy atom. The lowest BCUT2D eigenvalue weighted by Crippen LogP contribution is -2.36. The lowest BCUT2D eigenvalue weighted by Gasteiger charge is -2.09. The molecule has 0 saturated heterocycles. The lowest BCUT2D eigenvalue weighted by atomic mass is 10.2. The summed E-state index contributed by atoms with van der Waals surface area (Å²) in [4.78, 5) is 0. The molecule has 0 bridgehead atoms. The SMILES string of the molecule is CCCCNC(=S)NCCCC1CC1. The molecule has 1 aliphatic rings. The first-order chi connectivity index (χ1) is 6.83. The Hall–Kier alpha value is -0.310. The third kappa shape index (κ3) is 6.19. The Kier molecular flexibility index (Phi) is 5.92. The highest BCUT2D eigenvalue weighted by molar-refractivity contribution is 7.80. The summed E-state index contributed by atoms with van der Waals surface area (Å²) in [7, 11) is 0. The van der Waals surface area contributed by atoms with Crippen LogP contribution >= 0.6 is 12.2 Å². The van der Waals surface area contributed by atoms with Crippen LogP contribution in [-0.2, 0) is 0 Å². The maximum Gasteiger partial charge on any atom is 0.166 e. The zero-order chi connectivity index (χ0) is 10.2. The Morgan fingerprint density at radius 1 is 1.21 bits per heavy atom. The lowest BCUT2D eigenvalue weighted by molar-refractivity contribution is 0.646. The average Bonchev–Trinajstić information content (AvgIpc) is 2.97. The van der Waals surface area contributed by atoms with Crippen molar-refractivity contribution in [2.75, 3.05) is 13.1 Å². The molecule has 0 spiro atoms. The van der Waals surface area contributed by atoms with Gasteiger partial charge in [0.15, 0.2) is 5.11 Å². The minimum Gasteiger partial charge on any atom is -0.363 e. The van der Waals surface area contributed by atoms with Crippen molar-refractivity contribution in [2.45, 2.75) is 45.4 Å². The number of hydrogen-bond donors (Lipinski definition) is 2. The number of hydrogen-bond acceptors (Lipinski definition) is 1. The number of rotatable bonds is 7. The quantitative estimate of drug-likeness (QED) is 0.503. The van der Waals surface area contributed by atoms with Crippen molar-refractivity contribution in [3.05, 3.63) is 0 Å². The van der Waals surface area contributed by atoms with E-state index in [1.165, 1.54) is 38.5 Å². The second kappa shape index (κ2) is 7.04. The highest BCUT2D eigenvalue weighted by atomic mass is 32.1. The maximum absolute atomic E-state index is 5.14. The largest absolute Gasteiger partial charge is 0.363 e. The van der Waals surface area contributed by atoms with Crippen molar-refractivity contribution in [2.24, 2.45) is 5.92 Å². The molecule has 0 unspecified atom stereocenters. The molecule has 1 fully saturated rings. The van der Waals surface area contributed by atoms with E-state index in [0.29, 0.717) is 0 Å². The van der Waals surface area contributed by atoms with Gasteiger partial charge in [-0.05, 0) is 37.4 Å². The van der Waals surface area contributed by atoms with Crippen molar-refractivity contribution < 1.29 is 0 Å². The summed E-state index contributed by atoms with van der Waals surface area (Å²) >= 11 is 5.14. The first kappa shape index (κ1) is 11.8. The van der Waals surface area contributed by atoms with Crippen LogP contribution in [0, 0.1) is 5.92 Å². The van der Waals surface area contributed by atoms with Gasteiger partial charge >= 0.3 is 0 Å². The van der Waals surface area contributed by atoms with Crippen LogP contribution in [0.4, 0.5) is 0 Å². The van der Waals surface area contributed by atoms with Gasteiger partial charge in [-0.1, -0.05) is 26.2 Å². The van der Waals surface area contributed by atoms with E-state index in [1.54, 1.807) is 0 Å². The summed E-state index contributed by atoms with van der Waals surface area (Å²) < 4.78 is 0. The Bertz CT molecular complexity index is 167. The van der Waals surface area contributed by atoms with Crippen LogP contribution in [0.5, 0.6) is 0 Å². The summed E-state index contributed by atoms with van der Waals surface area (Å²) in [5.41, 5.74) is 0. The first-order valence-electron chi connectivity index (χ1n) is 5.84. The minimum atomic E-state index is 0.828. The van der Waals surface area contributed by atoms with Gasteiger partial charge in [0.2, 0.25) is 0 Å². The predicted octanol–water partition coefficient (Wildman–Crippen LogP) is 2.44. The van der Waals surface area contributed by atoms with Gasteiger partial charge in [0.25, 0.3) is 0 Å². The zero-order valence-corrected chi connectivity index (χ0v) is 9.96. The fraction of sp³-hybridized carbons (Fsp3) is 0.909. The van der Waals surface area contributed by atoms with Gasteiger partial charge < -0.3 is 10.6 Å². The average molecular weight is 214 g/mol. The van der Waals surface area contributed by atoms with E-state index in [-0.39, 0.29) is 0 Å². The molecule has 2 nitrogen and oxygen atoms in total. The molecule has 14 heavy (non-hydrogen) atoms. The molecule has 0 radical (unpaired) electrons. The van der Waals surface area contributed by atoms with Crippen LogP contribution in [0.2, 0.25) is 0 Å². The molecule has 82 valence electrons. The number of nitrogens with one attached hydrogen (secondary N) is 2. The molecular weight excluding hydrogens is 192 g/mol. The summed E-state index contributed by atoms with van der Waals surface area (Å²) in [6.45, 7) is 4.23. The van der Waals surface area contributed by atoms with Crippen LogP contribution in [0.1, 0.15) is 45.4 Å². The van der Waals surface area contributed by atoms with Crippen molar-refractivity contribution >= 4 is 17.3 Å². The zero-order valence-electron chi connectivity index (χ0n) is 9.14.